The second-order valence-corrected chi connectivity index (χ2v) is 5.56. The van der Waals surface area contributed by atoms with Gasteiger partial charge in [0.15, 0.2) is 0 Å². The largest absolute Gasteiger partial charge is 0.480 e. The molecule has 0 heterocycles. The van der Waals surface area contributed by atoms with Gasteiger partial charge in [0.05, 0.1) is 6.04 Å². The number of amides is 2. The standard InChI is InChI=1S/C16H22N2O3/c1-2-13(12-8-4-3-5-9-12)17-15(21)18-16(14(19)20)10-6-7-11-16/h3-5,8-9,13H,2,6-7,10-11H2,1H3,(H,19,20)(H2,17,18,21). The Morgan fingerprint density at radius 2 is 1.86 bits per heavy atom. The quantitative estimate of drug-likeness (QED) is 0.780. The zero-order chi connectivity index (χ0) is 15.3. The lowest BCUT2D eigenvalue weighted by Crippen LogP contribution is -2.55. The van der Waals surface area contributed by atoms with E-state index in [4.69, 9.17) is 0 Å². The Labute approximate surface area is 124 Å². The molecule has 5 heteroatoms. The maximum atomic E-state index is 12.2. The molecule has 0 aliphatic heterocycles. The van der Waals surface area contributed by atoms with Crippen LogP contribution in [0.1, 0.15) is 50.6 Å². The van der Waals surface area contributed by atoms with Gasteiger partial charge in [0.1, 0.15) is 5.54 Å². The molecule has 1 aliphatic carbocycles. The number of hydrogen-bond donors (Lipinski definition) is 3. The van der Waals surface area contributed by atoms with Crippen molar-refractivity contribution in [3.05, 3.63) is 35.9 Å². The number of aliphatic carboxylic acids is 1. The van der Waals surface area contributed by atoms with Gasteiger partial charge in [-0.25, -0.2) is 9.59 Å². The van der Waals surface area contributed by atoms with Crippen molar-refractivity contribution >= 4 is 12.0 Å². The van der Waals surface area contributed by atoms with Crippen LogP contribution < -0.4 is 10.6 Å². The molecule has 2 amide bonds. The number of carbonyl (C=O) groups excluding carboxylic acids is 1. The molecule has 114 valence electrons. The summed E-state index contributed by atoms with van der Waals surface area (Å²) in [5.41, 5.74) is -0.0788. The van der Waals surface area contributed by atoms with E-state index in [0.717, 1.165) is 24.8 Å². The molecular weight excluding hydrogens is 268 g/mol. The highest BCUT2D eigenvalue weighted by molar-refractivity contribution is 5.86. The van der Waals surface area contributed by atoms with Gasteiger partial charge in [-0.1, -0.05) is 50.1 Å². The van der Waals surface area contributed by atoms with Crippen LogP contribution in [0, 0.1) is 0 Å². The van der Waals surface area contributed by atoms with Crippen molar-refractivity contribution in [2.45, 2.75) is 50.6 Å². The molecule has 1 saturated carbocycles. The molecule has 1 unspecified atom stereocenters. The van der Waals surface area contributed by atoms with Gasteiger partial charge in [-0.05, 0) is 24.8 Å². The Morgan fingerprint density at radius 3 is 2.38 bits per heavy atom. The highest BCUT2D eigenvalue weighted by Gasteiger charge is 2.42. The fraction of sp³-hybridized carbons (Fsp3) is 0.500. The van der Waals surface area contributed by atoms with Crippen molar-refractivity contribution in [2.75, 3.05) is 0 Å². The number of rotatable bonds is 5. The molecule has 1 aromatic rings. The van der Waals surface area contributed by atoms with Gasteiger partial charge in [-0.2, -0.15) is 0 Å². The summed E-state index contributed by atoms with van der Waals surface area (Å²) in [6.45, 7) is 1.99. The van der Waals surface area contributed by atoms with Crippen LogP contribution in [0.3, 0.4) is 0 Å². The third kappa shape index (κ3) is 3.54. The lowest BCUT2D eigenvalue weighted by Gasteiger charge is -2.27. The first-order valence-electron chi connectivity index (χ1n) is 7.44. The van der Waals surface area contributed by atoms with Gasteiger partial charge in [0.2, 0.25) is 0 Å². The fourth-order valence-corrected chi connectivity index (χ4v) is 2.89. The predicted molar refractivity (Wildman–Crippen MR) is 80.0 cm³/mol. The van der Waals surface area contributed by atoms with Crippen LogP contribution in [0.15, 0.2) is 30.3 Å². The van der Waals surface area contributed by atoms with E-state index in [1.807, 2.05) is 37.3 Å². The normalized spacial score (nSPS) is 18.0. The van der Waals surface area contributed by atoms with Gasteiger partial charge >= 0.3 is 12.0 Å². The molecular formula is C16H22N2O3. The number of benzene rings is 1. The van der Waals surface area contributed by atoms with Crippen LogP contribution >= 0.6 is 0 Å². The molecule has 0 saturated heterocycles. The van der Waals surface area contributed by atoms with Crippen LogP contribution in [0.25, 0.3) is 0 Å². The van der Waals surface area contributed by atoms with Crippen LogP contribution in [-0.2, 0) is 4.79 Å². The second kappa shape index (κ2) is 6.61. The SMILES string of the molecule is CCC(NC(=O)NC1(C(=O)O)CCCC1)c1ccccc1. The van der Waals surface area contributed by atoms with E-state index in [-0.39, 0.29) is 6.04 Å². The summed E-state index contributed by atoms with van der Waals surface area (Å²) in [6.07, 6.45) is 3.41. The van der Waals surface area contributed by atoms with E-state index in [1.165, 1.54) is 0 Å². The molecule has 1 aromatic carbocycles. The van der Waals surface area contributed by atoms with Gasteiger partial charge in [0.25, 0.3) is 0 Å². The third-order valence-electron chi connectivity index (χ3n) is 4.13. The summed E-state index contributed by atoms with van der Waals surface area (Å²) in [5.74, 6) is -0.942. The number of carboxylic acids is 1. The van der Waals surface area contributed by atoms with Gasteiger partial charge < -0.3 is 15.7 Å². The summed E-state index contributed by atoms with van der Waals surface area (Å²) in [5, 5.41) is 14.9. The third-order valence-corrected chi connectivity index (χ3v) is 4.13. The van der Waals surface area contributed by atoms with Crippen LogP contribution in [-0.4, -0.2) is 22.6 Å². The van der Waals surface area contributed by atoms with E-state index in [1.54, 1.807) is 0 Å². The summed E-state index contributed by atoms with van der Waals surface area (Å²) in [4.78, 5) is 23.6. The van der Waals surface area contributed by atoms with E-state index < -0.39 is 17.5 Å². The Morgan fingerprint density at radius 1 is 1.24 bits per heavy atom. The number of urea groups is 1. The highest BCUT2D eigenvalue weighted by atomic mass is 16.4. The molecule has 3 N–H and O–H groups in total. The van der Waals surface area contributed by atoms with E-state index in [0.29, 0.717) is 12.8 Å². The van der Waals surface area contributed by atoms with Gasteiger partial charge in [-0.3, -0.25) is 0 Å². The first-order chi connectivity index (χ1) is 10.1. The van der Waals surface area contributed by atoms with Gasteiger partial charge in [0, 0.05) is 0 Å². The molecule has 1 aliphatic rings. The van der Waals surface area contributed by atoms with Crippen molar-refractivity contribution in [3.63, 3.8) is 0 Å². The van der Waals surface area contributed by atoms with Crippen LogP contribution in [0.2, 0.25) is 0 Å². The molecule has 0 spiro atoms. The van der Waals surface area contributed by atoms with Crippen molar-refractivity contribution in [3.8, 4) is 0 Å². The zero-order valence-electron chi connectivity index (χ0n) is 12.3. The summed E-state index contributed by atoms with van der Waals surface area (Å²) >= 11 is 0. The zero-order valence-corrected chi connectivity index (χ0v) is 12.3. The smallest absolute Gasteiger partial charge is 0.329 e. The van der Waals surface area contributed by atoms with Crippen molar-refractivity contribution in [2.24, 2.45) is 0 Å². The first-order valence-corrected chi connectivity index (χ1v) is 7.44. The Kier molecular flexibility index (Phi) is 4.83. The molecule has 21 heavy (non-hydrogen) atoms. The molecule has 1 atom stereocenters. The van der Waals surface area contributed by atoms with Crippen molar-refractivity contribution in [1.82, 2.24) is 10.6 Å². The molecule has 5 nitrogen and oxygen atoms in total. The van der Waals surface area contributed by atoms with Crippen molar-refractivity contribution in [1.29, 1.82) is 0 Å². The topological polar surface area (TPSA) is 78.4 Å². The average Bonchev–Trinajstić information content (AvgIpc) is 2.95. The van der Waals surface area contributed by atoms with Crippen LogP contribution in [0.4, 0.5) is 4.79 Å². The minimum atomic E-state index is -1.10. The Hall–Kier alpha value is -2.04. The molecule has 1 fully saturated rings. The number of carbonyl (C=O) groups is 2. The lowest BCUT2D eigenvalue weighted by atomic mass is 9.98. The molecule has 0 radical (unpaired) electrons. The maximum absolute atomic E-state index is 12.2. The van der Waals surface area contributed by atoms with Crippen molar-refractivity contribution < 1.29 is 14.7 Å². The summed E-state index contributed by atoms with van der Waals surface area (Å²) in [7, 11) is 0. The monoisotopic (exact) mass is 290 g/mol. The number of hydrogen-bond acceptors (Lipinski definition) is 2. The number of carboxylic acid groups (broad SMARTS) is 1. The summed E-state index contributed by atoms with van der Waals surface area (Å²) < 4.78 is 0. The molecule has 0 aromatic heterocycles. The molecule has 0 bridgehead atoms. The lowest BCUT2D eigenvalue weighted by molar-refractivity contribution is -0.144. The highest BCUT2D eigenvalue weighted by Crippen LogP contribution is 2.30. The van der Waals surface area contributed by atoms with E-state index >= 15 is 0 Å². The fourth-order valence-electron chi connectivity index (χ4n) is 2.89. The van der Waals surface area contributed by atoms with E-state index in [2.05, 4.69) is 10.6 Å². The predicted octanol–water partition coefficient (Wildman–Crippen LogP) is 2.83. The molecule has 2 rings (SSSR count). The Balaban J connectivity index is 2.01. The summed E-state index contributed by atoms with van der Waals surface area (Å²) in [6, 6.07) is 9.16. The van der Waals surface area contributed by atoms with Crippen LogP contribution in [0.5, 0.6) is 0 Å². The number of nitrogens with one attached hydrogen (secondary N) is 2. The van der Waals surface area contributed by atoms with Gasteiger partial charge in [-0.15, -0.1) is 0 Å². The maximum Gasteiger partial charge on any atom is 0.329 e. The minimum Gasteiger partial charge on any atom is -0.480 e. The average molecular weight is 290 g/mol. The Bertz CT molecular complexity index is 496. The van der Waals surface area contributed by atoms with E-state index in [9.17, 15) is 14.7 Å². The minimum absolute atomic E-state index is 0.113. The first kappa shape index (κ1) is 15.4. The second-order valence-electron chi connectivity index (χ2n) is 5.56.